The van der Waals surface area contributed by atoms with Crippen LogP contribution in [0.3, 0.4) is 0 Å². The van der Waals surface area contributed by atoms with Crippen molar-refractivity contribution in [3.63, 3.8) is 0 Å². The maximum absolute atomic E-state index is 10.4. The van der Waals surface area contributed by atoms with E-state index in [9.17, 15) is 4.79 Å². The van der Waals surface area contributed by atoms with E-state index in [2.05, 4.69) is 10.2 Å². The lowest BCUT2D eigenvalue weighted by atomic mass is 9.86. The third-order valence-corrected chi connectivity index (χ3v) is 4.89. The third-order valence-electron chi connectivity index (χ3n) is 4.09. The quantitative estimate of drug-likeness (QED) is 0.825. The highest BCUT2D eigenvalue weighted by molar-refractivity contribution is 7.99. The number of carboxylic acids is 1. The van der Waals surface area contributed by atoms with E-state index in [1.54, 1.807) is 0 Å². The van der Waals surface area contributed by atoms with Gasteiger partial charge in [-0.05, 0) is 37.0 Å². The minimum absolute atomic E-state index is 0.0320. The van der Waals surface area contributed by atoms with Gasteiger partial charge in [-0.2, -0.15) is 0 Å². The molecule has 3 atom stereocenters. The average molecular weight is 268 g/mol. The van der Waals surface area contributed by atoms with Gasteiger partial charge in [0.25, 0.3) is 5.22 Å². The summed E-state index contributed by atoms with van der Waals surface area (Å²) >= 11 is 1.08. The van der Waals surface area contributed by atoms with Crippen LogP contribution in [0.25, 0.3) is 0 Å². The van der Waals surface area contributed by atoms with Gasteiger partial charge in [0.1, 0.15) is 5.75 Å². The molecule has 0 saturated heterocycles. The maximum atomic E-state index is 10.4. The zero-order valence-corrected chi connectivity index (χ0v) is 10.9. The number of hydrogen-bond acceptors (Lipinski definition) is 5. The monoisotopic (exact) mass is 268 g/mol. The van der Waals surface area contributed by atoms with Crippen molar-refractivity contribution in [2.24, 2.45) is 17.8 Å². The highest BCUT2D eigenvalue weighted by Gasteiger charge is 2.39. The van der Waals surface area contributed by atoms with Crippen LogP contribution in [0.15, 0.2) is 9.64 Å². The standard InChI is InChI=1S/C12H16N2O3S/c15-11(16)6-18-12-14-13-10(17-12)5-9-4-7-1-2-8(9)3-7/h7-9H,1-6H2,(H,15,16). The maximum Gasteiger partial charge on any atom is 0.314 e. The minimum atomic E-state index is -0.868. The van der Waals surface area contributed by atoms with Crippen LogP contribution >= 0.6 is 11.8 Å². The Morgan fingerprint density at radius 1 is 1.39 bits per heavy atom. The Kier molecular flexibility index (Phi) is 3.28. The Labute approximate surface area is 109 Å². The SMILES string of the molecule is O=C(O)CSc1nnc(CC2CC3CCC2C3)o1. The van der Waals surface area contributed by atoms with Crippen molar-refractivity contribution < 1.29 is 14.3 Å². The zero-order chi connectivity index (χ0) is 12.5. The van der Waals surface area contributed by atoms with Crippen LogP contribution in [-0.4, -0.2) is 27.0 Å². The van der Waals surface area contributed by atoms with Crippen LogP contribution < -0.4 is 0 Å². The molecule has 0 spiro atoms. The van der Waals surface area contributed by atoms with E-state index in [1.807, 2.05) is 0 Å². The number of carboxylic acid groups (broad SMARTS) is 1. The summed E-state index contributed by atoms with van der Waals surface area (Å²) in [6.07, 6.45) is 6.28. The van der Waals surface area contributed by atoms with Crippen LogP contribution in [-0.2, 0) is 11.2 Å². The molecule has 2 aliphatic carbocycles. The lowest BCUT2D eigenvalue weighted by molar-refractivity contribution is -0.133. The average Bonchev–Trinajstić information content (AvgIpc) is 3.02. The molecule has 2 fully saturated rings. The van der Waals surface area contributed by atoms with Crippen molar-refractivity contribution >= 4 is 17.7 Å². The molecule has 2 saturated carbocycles. The summed E-state index contributed by atoms with van der Waals surface area (Å²) in [4.78, 5) is 10.4. The fourth-order valence-corrected chi connectivity index (χ4v) is 3.85. The molecule has 3 rings (SSSR count). The Morgan fingerprint density at radius 3 is 2.94 bits per heavy atom. The van der Waals surface area contributed by atoms with Crippen LogP contribution in [0, 0.1) is 17.8 Å². The predicted molar refractivity (Wildman–Crippen MR) is 65.3 cm³/mol. The van der Waals surface area contributed by atoms with Crippen molar-refractivity contribution in [3.05, 3.63) is 5.89 Å². The number of aliphatic carboxylic acids is 1. The van der Waals surface area contributed by atoms with E-state index in [0.29, 0.717) is 17.0 Å². The highest BCUT2D eigenvalue weighted by Crippen LogP contribution is 2.49. The molecule has 1 N–H and O–H groups in total. The molecule has 1 heterocycles. The van der Waals surface area contributed by atoms with E-state index < -0.39 is 5.97 Å². The Morgan fingerprint density at radius 2 is 2.28 bits per heavy atom. The minimum Gasteiger partial charge on any atom is -0.481 e. The van der Waals surface area contributed by atoms with Crippen LogP contribution in [0.1, 0.15) is 31.6 Å². The fraction of sp³-hybridized carbons (Fsp3) is 0.750. The highest BCUT2D eigenvalue weighted by atomic mass is 32.2. The topological polar surface area (TPSA) is 76.2 Å². The van der Waals surface area contributed by atoms with Gasteiger partial charge in [0.2, 0.25) is 5.89 Å². The van der Waals surface area contributed by atoms with Gasteiger partial charge in [0.05, 0.1) is 0 Å². The second-order valence-corrected chi connectivity index (χ2v) is 6.21. The van der Waals surface area contributed by atoms with E-state index >= 15 is 0 Å². The zero-order valence-electron chi connectivity index (χ0n) is 10.0. The van der Waals surface area contributed by atoms with Gasteiger partial charge >= 0.3 is 5.97 Å². The van der Waals surface area contributed by atoms with Gasteiger partial charge in [-0.1, -0.05) is 18.2 Å². The molecule has 5 nitrogen and oxygen atoms in total. The number of rotatable bonds is 5. The van der Waals surface area contributed by atoms with Gasteiger partial charge < -0.3 is 9.52 Å². The van der Waals surface area contributed by atoms with E-state index in [0.717, 1.165) is 30.0 Å². The number of aromatic nitrogens is 2. The molecule has 0 amide bonds. The normalized spacial score (nSPS) is 29.9. The lowest BCUT2D eigenvalue weighted by Gasteiger charge is -2.19. The first-order chi connectivity index (χ1) is 8.70. The molecule has 18 heavy (non-hydrogen) atoms. The van der Waals surface area contributed by atoms with Crippen molar-refractivity contribution in [1.29, 1.82) is 0 Å². The van der Waals surface area contributed by atoms with Gasteiger partial charge in [-0.3, -0.25) is 4.79 Å². The second kappa shape index (κ2) is 4.91. The molecular formula is C12H16N2O3S. The van der Waals surface area contributed by atoms with Crippen molar-refractivity contribution in [2.75, 3.05) is 5.75 Å². The van der Waals surface area contributed by atoms with E-state index in [-0.39, 0.29) is 5.75 Å². The third kappa shape index (κ3) is 2.53. The number of nitrogens with zero attached hydrogens (tertiary/aromatic N) is 2. The van der Waals surface area contributed by atoms with Gasteiger partial charge in [-0.25, -0.2) is 0 Å². The lowest BCUT2D eigenvalue weighted by Crippen LogP contribution is -2.13. The summed E-state index contributed by atoms with van der Waals surface area (Å²) < 4.78 is 5.48. The molecule has 0 aromatic carbocycles. The molecule has 98 valence electrons. The predicted octanol–water partition coefficient (Wildman–Crippen LogP) is 2.23. The largest absolute Gasteiger partial charge is 0.481 e. The number of fused-ring (bicyclic) bond motifs is 2. The Hall–Kier alpha value is -1.04. The van der Waals surface area contributed by atoms with Crippen molar-refractivity contribution in [3.8, 4) is 0 Å². The fourth-order valence-electron chi connectivity index (χ4n) is 3.35. The summed E-state index contributed by atoms with van der Waals surface area (Å²) in [6, 6.07) is 0. The smallest absolute Gasteiger partial charge is 0.314 e. The Bertz CT molecular complexity index is 448. The van der Waals surface area contributed by atoms with E-state index in [4.69, 9.17) is 9.52 Å². The first kappa shape index (κ1) is 12.0. The van der Waals surface area contributed by atoms with Gasteiger partial charge in [0.15, 0.2) is 0 Å². The molecule has 2 aliphatic rings. The molecule has 2 bridgehead atoms. The first-order valence-corrected chi connectivity index (χ1v) is 7.36. The Balaban J connectivity index is 1.55. The van der Waals surface area contributed by atoms with Crippen LogP contribution in [0.5, 0.6) is 0 Å². The van der Waals surface area contributed by atoms with Gasteiger partial charge in [-0.15, -0.1) is 10.2 Å². The van der Waals surface area contributed by atoms with Crippen molar-refractivity contribution in [1.82, 2.24) is 10.2 Å². The molecule has 6 heteroatoms. The molecule has 0 radical (unpaired) electrons. The van der Waals surface area contributed by atoms with E-state index in [1.165, 1.54) is 25.7 Å². The second-order valence-electron chi connectivity index (χ2n) is 5.28. The first-order valence-electron chi connectivity index (χ1n) is 6.37. The number of carbonyl (C=O) groups is 1. The molecule has 3 unspecified atom stereocenters. The van der Waals surface area contributed by atoms with Crippen LogP contribution in [0.2, 0.25) is 0 Å². The summed E-state index contributed by atoms with van der Waals surface area (Å²) in [5.41, 5.74) is 0. The number of thioether (sulfide) groups is 1. The van der Waals surface area contributed by atoms with Gasteiger partial charge in [0, 0.05) is 6.42 Å². The summed E-state index contributed by atoms with van der Waals surface area (Å²) in [5, 5.41) is 16.8. The van der Waals surface area contributed by atoms with Crippen LogP contribution in [0.4, 0.5) is 0 Å². The summed E-state index contributed by atoms with van der Waals surface area (Å²) in [6.45, 7) is 0. The molecular weight excluding hydrogens is 252 g/mol. The summed E-state index contributed by atoms with van der Waals surface area (Å²) in [5.74, 6) is 2.23. The summed E-state index contributed by atoms with van der Waals surface area (Å²) in [7, 11) is 0. The molecule has 0 aliphatic heterocycles. The molecule has 1 aromatic rings. The van der Waals surface area contributed by atoms with Crippen molar-refractivity contribution in [2.45, 2.75) is 37.3 Å². The molecule has 1 aromatic heterocycles. The number of hydrogen-bond donors (Lipinski definition) is 1.